The lowest BCUT2D eigenvalue weighted by molar-refractivity contribution is -0.113. The quantitative estimate of drug-likeness (QED) is 0.170. The summed E-state index contributed by atoms with van der Waals surface area (Å²) < 4.78 is 21.4. The molecular formula is C28H25BrFN5O4S2. The highest BCUT2D eigenvalue weighted by Gasteiger charge is 2.28. The zero-order valence-electron chi connectivity index (χ0n) is 21.9. The number of thioether (sulfide) groups is 1. The van der Waals surface area contributed by atoms with Crippen molar-refractivity contribution in [2.45, 2.75) is 37.9 Å². The average Bonchev–Trinajstić information content (AvgIpc) is 3.66. The molecule has 0 fully saturated rings. The number of fused-ring (bicyclic) bond motifs is 1. The van der Waals surface area contributed by atoms with Gasteiger partial charge in [-0.3, -0.25) is 14.2 Å². The standard InChI is InChI=1S/C28H25BrFN5O4S2/c1-2-39-27(38)24-20-7-4-8-21(20)41-26(24)32-23(36)15-40-28-34-33-22(35(28)19-11-9-17(29)10-12-19)14-31-25(37)16-5-3-6-18(30)13-16/h3,5-6,9-13H,2,4,7-8,14-15H2,1H3,(H,31,37)(H,32,36). The first-order chi connectivity index (χ1) is 19.8. The van der Waals surface area contributed by atoms with Crippen molar-refractivity contribution in [3.63, 3.8) is 0 Å². The first-order valence-electron chi connectivity index (χ1n) is 12.8. The fraction of sp³-hybridized carbons (Fsp3) is 0.250. The van der Waals surface area contributed by atoms with Crippen LogP contribution in [0.2, 0.25) is 0 Å². The number of anilines is 1. The van der Waals surface area contributed by atoms with Gasteiger partial charge in [-0.2, -0.15) is 0 Å². The highest BCUT2D eigenvalue weighted by molar-refractivity contribution is 9.10. The Morgan fingerprint density at radius 3 is 2.71 bits per heavy atom. The lowest BCUT2D eigenvalue weighted by atomic mass is 10.1. The SMILES string of the molecule is CCOC(=O)c1c(NC(=O)CSc2nnc(CNC(=O)c3cccc(F)c3)n2-c2ccc(Br)cc2)sc2c1CCC2. The molecule has 2 heterocycles. The van der Waals surface area contributed by atoms with Crippen molar-refractivity contribution in [1.82, 2.24) is 20.1 Å². The normalized spacial score (nSPS) is 12.2. The summed E-state index contributed by atoms with van der Waals surface area (Å²) in [4.78, 5) is 39.4. The zero-order chi connectivity index (χ0) is 28.9. The fourth-order valence-electron chi connectivity index (χ4n) is 4.45. The van der Waals surface area contributed by atoms with Gasteiger partial charge >= 0.3 is 5.97 Å². The van der Waals surface area contributed by atoms with Gasteiger partial charge in [-0.15, -0.1) is 21.5 Å². The number of carbonyl (C=O) groups excluding carboxylic acids is 3. The molecule has 2 aromatic carbocycles. The second-order valence-electron chi connectivity index (χ2n) is 9.02. The molecule has 0 aliphatic heterocycles. The van der Waals surface area contributed by atoms with Gasteiger partial charge in [-0.25, -0.2) is 9.18 Å². The Balaban J connectivity index is 1.32. The van der Waals surface area contributed by atoms with Gasteiger partial charge in [-0.1, -0.05) is 33.8 Å². The van der Waals surface area contributed by atoms with E-state index in [1.165, 1.54) is 41.3 Å². The molecule has 212 valence electrons. The van der Waals surface area contributed by atoms with Crippen molar-refractivity contribution >= 4 is 61.8 Å². The number of halogens is 2. The van der Waals surface area contributed by atoms with E-state index in [4.69, 9.17) is 4.74 Å². The number of esters is 1. The molecule has 0 saturated heterocycles. The first-order valence-corrected chi connectivity index (χ1v) is 15.4. The molecule has 0 spiro atoms. The predicted octanol–water partition coefficient (Wildman–Crippen LogP) is 5.56. The van der Waals surface area contributed by atoms with Gasteiger partial charge < -0.3 is 15.4 Å². The number of aryl methyl sites for hydroxylation is 1. The van der Waals surface area contributed by atoms with Gasteiger partial charge in [-0.05, 0) is 74.2 Å². The molecule has 5 rings (SSSR count). The number of benzene rings is 2. The van der Waals surface area contributed by atoms with Gasteiger partial charge in [0.2, 0.25) is 5.91 Å². The number of ether oxygens (including phenoxy) is 1. The molecule has 9 nitrogen and oxygen atoms in total. The number of rotatable bonds is 10. The maximum absolute atomic E-state index is 13.6. The summed E-state index contributed by atoms with van der Waals surface area (Å²) in [6, 6.07) is 12.8. The van der Waals surface area contributed by atoms with Crippen molar-refractivity contribution in [2.75, 3.05) is 17.7 Å². The van der Waals surface area contributed by atoms with Crippen LogP contribution in [0.4, 0.5) is 9.39 Å². The maximum atomic E-state index is 13.6. The van der Waals surface area contributed by atoms with Gasteiger partial charge in [0.15, 0.2) is 11.0 Å². The summed E-state index contributed by atoms with van der Waals surface area (Å²) >= 11 is 6.03. The van der Waals surface area contributed by atoms with E-state index < -0.39 is 17.7 Å². The number of nitrogens with zero attached hydrogens (tertiary/aromatic N) is 3. The minimum Gasteiger partial charge on any atom is -0.462 e. The molecule has 4 aromatic rings. The zero-order valence-corrected chi connectivity index (χ0v) is 25.1. The number of nitrogens with one attached hydrogen (secondary N) is 2. The third kappa shape index (κ3) is 6.68. The minimum absolute atomic E-state index is 0.00907. The van der Waals surface area contributed by atoms with E-state index >= 15 is 0 Å². The van der Waals surface area contributed by atoms with Crippen LogP contribution in [-0.2, 0) is 28.9 Å². The van der Waals surface area contributed by atoms with Crippen molar-refractivity contribution in [1.29, 1.82) is 0 Å². The third-order valence-corrected chi connectivity index (χ3v) is 8.93. The summed E-state index contributed by atoms with van der Waals surface area (Å²) in [7, 11) is 0. The molecule has 0 atom stereocenters. The van der Waals surface area contributed by atoms with E-state index in [1.54, 1.807) is 11.5 Å². The highest BCUT2D eigenvalue weighted by atomic mass is 79.9. The molecule has 2 aromatic heterocycles. The topological polar surface area (TPSA) is 115 Å². The number of carbonyl (C=O) groups is 3. The van der Waals surface area contributed by atoms with Crippen molar-refractivity contribution in [3.8, 4) is 5.69 Å². The van der Waals surface area contributed by atoms with Crippen molar-refractivity contribution in [3.05, 3.63) is 86.2 Å². The van der Waals surface area contributed by atoms with Crippen LogP contribution in [0.1, 0.15) is 50.3 Å². The number of thiophene rings is 1. The lowest BCUT2D eigenvalue weighted by Gasteiger charge is -2.12. The summed E-state index contributed by atoms with van der Waals surface area (Å²) in [5.41, 5.74) is 2.34. The first kappa shape index (κ1) is 29.0. The molecule has 0 unspecified atom stereocenters. The Kier molecular flexibility index (Phi) is 9.15. The van der Waals surface area contributed by atoms with Crippen LogP contribution in [0.5, 0.6) is 0 Å². The molecule has 1 aliphatic carbocycles. The van der Waals surface area contributed by atoms with Crippen LogP contribution in [0.15, 0.2) is 58.2 Å². The van der Waals surface area contributed by atoms with Gasteiger partial charge in [0, 0.05) is 20.6 Å². The smallest absolute Gasteiger partial charge is 0.341 e. The molecule has 41 heavy (non-hydrogen) atoms. The summed E-state index contributed by atoms with van der Waals surface area (Å²) in [6.45, 7) is 2.03. The molecule has 2 N–H and O–H groups in total. The molecular weight excluding hydrogens is 633 g/mol. The van der Waals surface area contributed by atoms with E-state index in [9.17, 15) is 18.8 Å². The summed E-state index contributed by atoms with van der Waals surface area (Å²) in [6.07, 6.45) is 2.65. The Hall–Kier alpha value is -3.55. The van der Waals surface area contributed by atoms with E-state index in [0.717, 1.165) is 45.9 Å². The van der Waals surface area contributed by atoms with Crippen molar-refractivity contribution in [2.24, 2.45) is 0 Å². The van der Waals surface area contributed by atoms with Crippen LogP contribution in [0, 0.1) is 5.82 Å². The van der Waals surface area contributed by atoms with Gasteiger partial charge in [0.25, 0.3) is 5.91 Å². The maximum Gasteiger partial charge on any atom is 0.341 e. The second kappa shape index (κ2) is 13.0. The van der Waals surface area contributed by atoms with Crippen LogP contribution in [-0.4, -0.2) is 44.9 Å². The van der Waals surface area contributed by atoms with E-state index in [0.29, 0.717) is 21.5 Å². The van der Waals surface area contributed by atoms with Crippen LogP contribution >= 0.6 is 39.0 Å². The summed E-state index contributed by atoms with van der Waals surface area (Å²) in [5.74, 6) is -1.24. The molecule has 1 aliphatic rings. The molecule has 0 saturated carbocycles. The van der Waals surface area contributed by atoms with Crippen LogP contribution in [0.3, 0.4) is 0 Å². The van der Waals surface area contributed by atoms with Crippen LogP contribution < -0.4 is 10.6 Å². The highest BCUT2D eigenvalue weighted by Crippen LogP contribution is 2.39. The largest absolute Gasteiger partial charge is 0.462 e. The number of aromatic nitrogens is 3. The monoisotopic (exact) mass is 657 g/mol. The Labute approximate surface area is 252 Å². The molecule has 0 bridgehead atoms. The van der Waals surface area contributed by atoms with E-state index in [2.05, 4.69) is 36.8 Å². The Bertz CT molecular complexity index is 1610. The average molecular weight is 659 g/mol. The van der Waals surface area contributed by atoms with Crippen molar-refractivity contribution < 1.29 is 23.5 Å². The molecule has 2 amide bonds. The third-order valence-electron chi connectivity index (χ3n) is 6.27. The minimum atomic E-state index is -0.505. The predicted molar refractivity (Wildman–Crippen MR) is 158 cm³/mol. The number of amides is 2. The van der Waals surface area contributed by atoms with E-state index in [-0.39, 0.29) is 30.4 Å². The molecule has 0 radical (unpaired) electrons. The lowest BCUT2D eigenvalue weighted by Crippen LogP contribution is -2.24. The molecule has 13 heteroatoms. The van der Waals surface area contributed by atoms with Gasteiger partial charge in [0.05, 0.1) is 24.5 Å². The second-order valence-corrected chi connectivity index (χ2v) is 12.0. The summed E-state index contributed by atoms with van der Waals surface area (Å²) in [5, 5.41) is 15.1. The Morgan fingerprint density at radius 1 is 1.15 bits per heavy atom. The fourth-order valence-corrected chi connectivity index (χ4v) is 6.78. The number of hydrogen-bond acceptors (Lipinski definition) is 8. The van der Waals surface area contributed by atoms with Gasteiger partial charge in [0.1, 0.15) is 10.8 Å². The Morgan fingerprint density at radius 2 is 1.95 bits per heavy atom. The number of hydrogen-bond donors (Lipinski definition) is 2. The van der Waals surface area contributed by atoms with E-state index in [1.807, 2.05) is 24.3 Å². The van der Waals surface area contributed by atoms with Crippen LogP contribution in [0.25, 0.3) is 5.69 Å².